The number of hydrogen-bond acceptors (Lipinski definition) is 2. The van der Waals surface area contributed by atoms with Gasteiger partial charge >= 0.3 is 0 Å². The third kappa shape index (κ3) is 4.21. The van der Waals surface area contributed by atoms with Gasteiger partial charge in [-0.25, -0.2) is 8.42 Å². The molecule has 0 saturated heterocycles. The predicted octanol–water partition coefficient (Wildman–Crippen LogP) is 5.36. The van der Waals surface area contributed by atoms with Crippen LogP contribution < -0.4 is 4.31 Å². The van der Waals surface area contributed by atoms with Crippen LogP contribution in [0.5, 0.6) is 0 Å². The van der Waals surface area contributed by atoms with Crippen molar-refractivity contribution in [2.24, 2.45) is 0 Å². The summed E-state index contributed by atoms with van der Waals surface area (Å²) in [4.78, 5) is 0.220. The summed E-state index contributed by atoms with van der Waals surface area (Å²) in [5.41, 5.74) is 0.386. The van der Waals surface area contributed by atoms with Gasteiger partial charge in [0.25, 0.3) is 10.0 Å². The van der Waals surface area contributed by atoms with E-state index in [1.165, 1.54) is 4.31 Å². The van der Waals surface area contributed by atoms with E-state index in [2.05, 4.69) is 15.9 Å². The summed E-state index contributed by atoms with van der Waals surface area (Å²) in [5.74, 6) is 0. The summed E-state index contributed by atoms with van der Waals surface area (Å²) in [5, 5.41) is 1.45. The number of hydrogen-bond donors (Lipinski definition) is 0. The Labute approximate surface area is 155 Å². The van der Waals surface area contributed by atoms with E-state index in [0.29, 0.717) is 27.5 Å². The van der Waals surface area contributed by atoms with E-state index in [4.69, 9.17) is 23.2 Å². The summed E-state index contributed by atoms with van der Waals surface area (Å²) in [6.07, 6.45) is 0.634. The van der Waals surface area contributed by atoms with Gasteiger partial charge in [-0.2, -0.15) is 0 Å². The molecule has 0 N–H and O–H groups in total. The lowest BCUT2D eigenvalue weighted by molar-refractivity contribution is 0.577. The molecule has 0 heterocycles. The molecule has 1 atom stereocenters. The van der Waals surface area contributed by atoms with Crippen molar-refractivity contribution in [2.45, 2.75) is 24.3 Å². The highest BCUT2D eigenvalue weighted by Gasteiger charge is 2.30. The van der Waals surface area contributed by atoms with Crippen LogP contribution in [0.15, 0.2) is 53.4 Å². The van der Waals surface area contributed by atoms with Crippen molar-refractivity contribution < 1.29 is 8.42 Å². The first kappa shape index (κ1) is 18.6. The molecule has 0 aromatic heterocycles. The highest BCUT2D eigenvalue weighted by molar-refractivity contribution is 9.09. The molecular formula is C16H16BrCl2NO2S. The van der Waals surface area contributed by atoms with Crippen molar-refractivity contribution in [1.29, 1.82) is 0 Å². The number of sulfonamides is 1. The Morgan fingerprint density at radius 3 is 2.39 bits per heavy atom. The molecule has 2 aromatic carbocycles. The Hall–Kier alpha value is -0.750. The molecule has 0 aliphatic heterocycles. The quantitative estimate of drug-likeness (QED) is 0.571. The SMILES string of the molecule is CC(CCBr)N(c1cc(Cl)ccc1Cl)S(=O)(=O)c1ccccc1. The third-order valence-electron chi connectivity index (χ3n) is 3.37. The molecule has 0 fully saturated rings. The van der Waals surface area contributed by atoms with Gasteiger partial charge in [-0.1, -0.05) is 57.3 Å². The summed E-state index contributed by atoms with van der Waals surface area (Å²) in [7, 11) is -3.75. The number of nitrogens with zero attached hydrogens (tertiary/aromatic N) is 1. The summed E-state index contributed by atoms with van der Waals surface area (Å²) in [6, 6.07) is 12.8. The number of halogens is 3. The second-order valence-electron chi connectivity index (χ2n) is 5.04. The number of rotatable bonds is 6. The van der Waals surface area contributed by atoms with Crippen molar-refractivity contribution in [3.05, 3.63) is 58.6 Å². The maximum atomic E-state index is 13.1. The van der Waals surface area contributed by atoms with Crippen molar-refractivity contribution in [2.75, 3.05) is 9.64 Å². The van der Waals surface area contributed by atoms with Crippen LogP contribution in [-0.2, 0) is 10.0 Å². The predicted molar refractivity (Wildman–Crippen MR) is 100 cm³/mol. The number of benzene rings is 2. The first-order chi connectivity index (χ1) is 10.9. The first-order valence-corrected chi connectivity index (χ1v) is 10.3. The van der Waals surface area contributed by atoms with Crippen LogP contribution in [0.4, 0.5) is 5.69 Å². The van der Waals surface area contributed by atoms with Crippen molar-refractivity contribution in [1.82, 2.24) is 0 Å². The van der Waals surface area contributed by atoms with Gasteiger partial charge in [-0.05, 0) is 43.7 Å². The molecule has 0 radical (unpaired) electrons. The van der Waals surface area contributed by atoms with Crippen LogP contribution in [0.3, 0.4) is 0 Å². The van der Waals surface area contributed by atoms with E-state index in [-0.39, 0.29) is 10.9 Å². The average molecular weight is 437 g/mol. The highest BCUT2D eigenvalue weighted by atomic mass is 79.9. The topological polar surface area (TPSA) is 37.4 Å². The monoisotopic (exact) mass is 435 g/mol. The van der Waals surface area contributed by atoms with Gasteiger partial charge in [0, 0.05) is 16.4 Å². The molecule has 7 heteroatoms. The molecule has 3 nitrogen and oxygen atoms in total. The van der Waals surface area contributed by atoms with Gasteiger partial charge in [-0.3, -0.25) is 4.31 Å². The van der Waals surface area contributed by atoms with Gasteiger partial charge in [-0.15, -0.1) is 0 Å². The fourth-order valence-electron chi connectivity index (χ4n) is 2.24. The van der Waals surface area contributed by atoms with Crippen LogP contribution in [-0.4, -0.2) is 19.8 Å². The fourth-order valence-corrected chi connectivity index (χ4v) is 5.04. The molecular weight excluding hydrogens is 421 g/mol. The fraction of sp³-hybridized carbons (Fsp3) is 0.250. The van der Waals surface area contributed by atoms with Crippen molar-refractivity contribution in [3.63, 3.8) is 0 Å². The van der Waals surface area contributed by atoms with Gasteiger partial charge in [0.1, 0.15) is 0 Å². The van der Waals surface area contributed by atoms with Crippen LogP contribution in [0, 0.1) is 0 Å². The van der Waals surface area contributed by atoms with Gasteiger partial charge in [0.15, 0.2) is 0 Å². The largest absolute Gasteiger partial charge is 0.264 e. The Morgan fingerprint density at radius 2 is 1.78 bits per heavy atom. The lowest BCUT2D eigenvalue weighted by Gasteiger charge is -2.31. The first-order valence-electron chi connectivity index (χ1n) is 6.98. The molecule has 0 amide bonds. The van der Waals surface area contributed by atoms with Crippen molar-refractivity contribution in [3.8, 4) is 0 Å². The molecule has 0 bridgehead atoms. The molecule has 2 aromatic rings. The zero-order valence-corrected chi connectivity index (χ0v) is 16.3. The zero-order chi connectivity index (χ0) is 17.0. The van der Waals surface area contributed by atoms with Crippen LogP contribution in [0.2, 0.25) is 10.0 Å². The second kappa shape index (κ2) is 7.88. The van der Waals surface area contributed by atoms with E-state index >= 15 is 0 Å². The summed E-state index contributed by atoms with van der Waals surface area (Å²) < 4.78 is 27.6. The molecule has 0 spiro atoms. The van der Waals surface area contributed by atoms with E-state index in [1.807, 2.05) is 6.92 Å². The van der Waals surface area contributed by atoms with Gasteiger partial charge in [0.2, 0.25) is 0 Å². The smallest absolute Gasteiger partial charge is 0.262 e. The molecule has 0 aliphatic rings. The summed E-state index contributed by atoms with van der Waals surface area (Å²) in [6.45, 7) is 1.85. The molecule has 1 unspecified atom stereocenters. The maximum absolute atomic E-state index is 13.1. The number of alkyl halides is 1. The lowest BCUT2D eigenvalue weighted by atomic mass is 10.2. The minimum Gasteiger partial charge on any atom is -0.262 e. The van der Waals surface area contributed by atoms with Crippen LogP contribution in [0.1, 0.15) is 13.3 Å². The second-order valence-corrected chi connectivity index (χ2v) is 8.49. The van der Waals surface area contributed by atoms with Gasteiger partial charge < -0.3 is 0 Å². The van der Waals surface area contributed by atoms with Crippen molar-refractivity contribution >= 4 is 54.8 Å². The minimum absolute atomic E-state index is 0.220. The lowest BCUT2D eigenvalue weighted by Crippen LogP contribution is -2.39. The molecule has 23 heavy (non-hydrogen) atoms. The number of anilines is 1. The third-order valence-corrected chi connectivity index (χ3v) is 6.33. The molecule has 0 aliphatic carbocycles. The van der Waals surface area contributed by atoms with E-state index < -0.39 is 10.0 Å². The maximum Gasteiger partial charge on any atom is 0.264 e. The van der Waals surface area contributed by atoms with Crippen LogP contribution >= 0.6 is 39.1 Å². The summed E-state index contributed by atoms with van der Waals surface area (Å²) >= 11 is 15.7. The highest BCUT2D eigenvalue weighted by Crippen LogP contribution is 2.35. The van der Waals surface area contributed by atoms with Gasteiger partial charge in [0.05, 0.1) is 15.6 Å². The van der Waals surface area contributed by atoms with E-state index in [9.17, 15) is 8.42 Å². The van der Waals surface area contributed by atoms with E-state index in [1.54, 1.807) is 48.5 Å². The standard InChI is InChI=1S/C16H16BrCl2NO2S/c1-12(9-10-17)20(16-11-13(18)7-8-15(16)19)23(21,22)14-5-3-2-4-6-14/h2-8,11-12H,9-10H2,1H3. The average Bonchev–Trinajstić information content (AvgIpc) is 2.52. The minimum atomic E-state index is -3.75. The van der Waals surface area contributed by atoms with E-state index in [0.717, 1.165) is 0 Å². The molecule has 124 valence electrons. The Balaban J connectivity index is 2.61. The molecule has 2 rings (SSSR count). The molecule has 0 saturated carbocycles. The normalized spacial score (nSPS) is 12.9. The van der Waals surface area contributed by atoms with Crippen LogP contribution in [0.25, 0.3) is 0 Å². The Kier molecular flexibility index (Phi) is 6.37. The Morgan fingerprint density at radius 1 is 1.13 bits per heavy atom. The zero-order valence-electron chi connectivity index (χ0n) is 12.4. The Bertz CT molecular complexity index is 769.